The number of hydrogen-bond donors (Lipinski definition) is 3. The molecule has 0 atom stereocenters. The number of nitrogens with zero attached hydrogens (tertiary/aromatic N) is 2. The minimum atomic E-state index is -0.987. The number of carbonyl (C=O) groups is 2. The summed E-state index contributed by atoms with van der Waals surface area (Å²) in [6.45, 7) is 2.64. The maximum absolute atomic E-state index is 11.5. The summed E-state index contributed by atoms with van der Waals surface area (Å²) in [5.41, 5.74) is 0.861. The zero-order valence-electron chi connectivity index (χ0n) is 12.5. The van der Waals surface area contributed by atoms with Gasteiger partial charge >= 0.3 is 12.1 Å². The molecular formula is C15H18N4O3. The first kappa shape index (κ1) is 15.6. The van der Waals surface area contributed by atoms with Crippen molar-refractivity contribution in [1.29, 1.82) is 0 Å². The molecule has 22 heavy (non-hydrogen) atoms. The van der Waals surface area contributed by atoms with Gasteiger partial charge in [-0.1, -0.05) is 18.2 Å². The van der Waals surface area contributed by atoms with Gasteiger partial charge in [0.25, 0.3) is 0 Å². The van der Waals surface area contributed by atoms with Crippen molar-refractivity contribution in [2.75, 3.05) is 18.9 Å². The Morgan fingerprint density at radius 3 is 2.82 bits per heavy atom. The van der Waals surface area contributed by atoms with Crippen LogP contribution in [0.15, 0.2) is 30.5 Å². The van der Waals surface area contributed by atoms with Crippen molar-refractivity contribution in [2.45, 2.75) is 13.5 Å². The van der Waals surface area contributed by atoms with E-state index in [9.17, 15) is 9.59 Å². The summed E-state index contributed by atoms with van der Waals surface area (Å²) >= 11 is 0. The summed E-state index contributed by atoms with van der Waals surface area (Å²) in [5.74, 6) is 0.446. The predicted octanol–water partition coefficient (Wildman–Crippen LogP) is 2.49. The minimum Gasteiger partial charge on any atom is -0.465 e. The summed E-state index contributed by atoms with van der Waals surface area (Å²) in [6.07, 6.45) is 0.654. The number of aromatic nitrogens is 1. The number of amides is 3. The fourth-order valence-corrected chi connectivity index (χ4v) is 2.09. The monoisotopic (exact) mass is 302 g/mol. The molecule has 0 aliphatic rings. The second-order valence-corrected chi connectivity index (χ2v) is 4.83. The van der Waals surface area contributed by atoms with Crippen molar-refractivity contribution in [3.8, 4) is 0 Å². The lowest BCUT2D eigenvalue weighted by atomic mass is 10.1. The highest BCUT2D eigenvalue weighted by Gasteiger charge is 2.10. The molecule has 0 saturated heterocycles. The number of benzene rings is 1. The van der Waals surface area contributed by atoms with Crippen LogP contribution in [0.4, 0.5) is 15.4 Å². The molecule has 0 radical (unpaired) electrons. The summed E-state index contributed by atoms with van der Waals surface area (Å²) < 4.78 is 0. The first-order valence-electron chi connectivity index (χ1n) is 6.87. The molecule has 0 bridgehead atoms. The molecular weight excluding hydrogens is 284 g/mol. The Labute approximate surface area is 127 Å². The molecule has 1 aromatic heterocycles. The Hall–Kier alpha value is -2.83. The summed E-state index contributed by atoms with van der Waals surface area (Å²) in [7, 11) is 1.51. The molecule has 0 aliphatic carbocycles. The molecule has 116 valence electrons. The van der Waals surface area contributed by atoms with Crippen LogP contribution >= 0.6 is 0 Å². The molecule has 1 aromatic carbocycles. The van der Waals surface area contributed by atoms with Gasteiger partial charge in [-0.3, -0.25) is 5.32 Å². The zero-order valence-corrected chi connectivity index (χ0v) is 12.5. The SMILES string of the molecule is CCNC(=O)Nc1cc2cccc(CN(C)C(=O)O)c2cn1. The van der Waals surface area contributed by atoms with E-state index in [1.54, 1.807) is 12.3 Å². The molecule has 3 amide bonds. The number of nitrogens with one attached hydrogen (secondary N) is 2. The van der Waals surface area contributed by atoms with Crippen LogP contribution in [0.1, 0.15) is 12.5 Å². The van der Waals surface area contributed by atoms with E-state index in [2.05, 4.69) is 15.6 Å². The van der Waals surface area contributed by atoms with Crippen LogP contribution in [0.2, 0.25) is 0 Å². The van der Waals surface area contributed by atoms with Crippen LogP contribution in [0, 0.1) is 0 Å². The Kier molecular flexibility index (Phi) is 4.77. The zero-order chi connectivity index (χ0) is 16.1. The lowest BCUT2D eigenvalue weighted by Crippen LogP contribution is -2.28. The number of carbonyl (C=O) groups excluding carboxylic acids is 1. The smallest absolute Gasteiger partial charge is 0.407 e. The molecule has 0 spiro atoms. The van der Waals surface area contributed by atoms with Crippen molar-refractivity contribution >= 4 is 28.7 Å². The van der Waals surface area contributed by atoms with Gasteiger partial charge in [0.2, 0.25) is 0 Å². The van der Waals surface area contributed by atoms with Crippen molar-refractivity contribution in [2.24, 2.45) is 0 Å². The highest BCUT2D eigenvalue weighted by molar-refractivity contribution is 5.92. The molecule has 1 heterocycles. The van der Waals surface area contributed by atoms with E-state index in [0.29, 0.717) is 12.4 Å². The first-order chi connectivity index (χ1) is 10.5. The molecule has 0 saturated carbocycles. The number of carboxylic acid groups (broad SMARTS) is 1. The van der Waals surface area contributed by atoms with Gasteiger partial charge < -0.3 is 15.3 Å². The van der Waals surface area contributed by atoms with E-state index >= 15 is 0 Å². The first-order valence-corrected chi connectivity index (χ1v) is 6.87. The van der Waals surface area contributed by atoms with Crippen LogP contribution in [-0.2, 0) is 6.54 Å². The van der Waals surface area contributed by atoms with Gasteiger partial charge in [-0.25, -0.2) is 14.6 Å². The third kappa shape index (κ3) is 3.63. The van der Waals surface area contributed by atoms with E-state index in [1.165, 1.54) is 11.9 Å². The Morgan fingerprint density at radius 1 is 1.36 bits per heavy atom. The summed E-state index contributed by atoms with van der Waals surface area (Å²) in [6, 6.07) is 7.05. The third-order valence-corrected chi connectivity index (χ3v) is 3.17. The maximum atomic E-state index is 11.5. The summed E-state index contributed by atoms with van der Waals surface area (Å²) in [4.78, 5) is 27.8. The fourth-order valence-electron chi connectivity index (χ4n) is 2.09. The van der Waals surface area contributed by atoms with E-state index < -0.39 is 6.09 Å². The Morgan fingerprint density at radius 2 is 2.14 bits per heavy atom. The number of rotatable bonds is 4. The molecule has 0 unspecified atom stereocenters. The number of pyridine rings is 1. The Bertz CT molecular complexity index is 702. The Balaban J connectivity index is 2.27. The van der Waals surface area contributed by atoms with Gasteiger partial charge in [0.1, 0.15) is 5.82 Å². The van der Waals surface area contributed by atoms with Gasteiger partial charge in [-0.05, 0) is 23.9 Å². The number of hydrogen-bond acceptors (Lipinski definition) is 3. The van der Waals surface area contributed by atoms with E-state index in [4.69, 9.17) is 5.11 Å². The van der Waals surface area contributed by atoms with Gasteiger partial charge in [-0.15, -0.1) is 0 Å². The third-order valence-electron chi connectivity index (χ3n) is 3.17. The fraction of sp³-hybridized carbons (Fsp3) is 0.267. The summed E-state index contributed by atoms with van der Waals surface area (Å²) in [5, 5.41) is 16.0. The molecule has 0 aliphatic heterocycles. The average Bonchev–Trinajstić information content (AvgIpc) is 2.47. The second-order valence-electron chi connectivity index (χ2n) is 4.83. The molecule has 7 nitrogen and oxygen atoms in total. The van der Waals surface area contributed by atoms with Crippen molar-refractivity contribution in [3.05, 3.63) is 36.0 Å². The van der Waals surface area contributed by atoms with Crippen molar-refractivity contribution in [1.82, 2.24) is 15.2 Å². The van der Waals surface area contributed by atoms with Gasteiger partial charge in [0, 0.05) is 31.7 Å². The predicted molar refractivity (Wildman–Crippen MR) is 83.9 cm³/mol. The van der Waals surface area contributed by atoms with E-state index in [-0.39, 0.29) is 12.6 Å². The largest absolute Gasteiger partial charge is 0.465 e. The lowest BCUT2D eigenvalue weighted by molar-refractivity contribution is 0.154. The average molecular weight is 302 g/mol. The van der Waals surface area contributed by atoms with Gasteiger partial charge in [0.05, 0.1) is 0 Å². The van der Waals surface area contributed by atoms with Crippen molar-refractivity contribution < 1.29 is 14.7 Å². The number of urea groups is 1. The topological polar surface area (TPSA) is 94.6 Å². The van der Waals surface area contributed by atoms with E-state index in [1.807, 2.05) is 25.1 Å². The van der Waals surface area contributed by atoms with E-state index in [0.717, 1.165) is 16.3 Å². The highest BCUT2D eigenvalue weighted by Crippen LogP contribution is 2.21. The highest BCUT2D eigenvalue weighted by atomic mass is 16.4. The van der Waals surface area contributed by atoms with Gasteiger partial charge in [0.15, 0.2) is 0 Å². The van der Waals surface area contributed by atoms with Crippen LogP contribution in [0.25, 0.3) is 10.8 Å². The minimum absolute atomic E-state index is 0.275. The molecule has 0 fully saturated rings. The number of fused-ring (bicyclic) bond motifs is 1. The van der Waals surface area contributed by atoms with Crippen LogP contribution in [-0.4, -0.2) is 40.7 Å². The molecule has 2 rings (SSSR count). The maximum Gasteiger partial charge on any atom is 0.407 e. The van der Waals surface area contributed by atoms with Crippen LogP contribution in [0.5, 0.6) is 0 Å². The lowest BCUT2D eigenvalue weighted by Gasteiger charge is -2.15. The molecule has 7 heteroatoms. The molecule has 2 aromatic rings. The van der Waals surface area contributed by atoms with Crippen LogP contribution in [0.3, 0.4) is 0 Å². The standard InChI is InChI=1S/C15H18N4O3/c1-3-16-14(20)18-13-7-10-5-4-6-11(12(10)8-17-13)9-19(2)15(21)22/h4-8H,3,9H2,1-2H3,(H,21,22)(H2,16,17,18,20). The quantitative estimate of drug-likeness (QED) is 0.808. The van der Waals surface area contributed by atoms with Gasteiger partial charge in [-0.2, -0.15) is 0 Å². The number of anilines is 1. The van der Waals surface area contributed by atoms with Crippen LogP contribution < -0.4 is 10.6 Å². The van der Waals surface area contributed by atoms with Crippen molar-refractivity contribution in [3.63, 3.8) is 0 Å². The molecule has 3 N–H and O–H groups in total. The normalized spacial score (nSPS) is 10.3. The second kappa shape index (κ2) is 6.75.